The molecular weight excluding hydrogens is 997 g/mol. The maximum absolute atomic E-state index is 12.9. The molecule has 0 radical (unpaired) electrons. The third-order valence-corrected chi connectivity index (χ3v) is 13.2. The fourth-order valence-electron chi connectivity index (χ4n) is 8.45. The van der Waals surface area contributed by atoms with E-state index in [9.17, 15) is 14.4 Å². The maximum Gasteiger partial charge on any atom is 0.306 e. The highest BCUT2D eigenvalue weighted by Gasteiger charge is 2.19. The van der Waals surface area contributed by atoms with Crippen LogP contribution in [-0.2, 0) is 28.6 Å². The van der Waals surface area contributed by atoms with Crippen molar-refractivity contribution in [1.29, 1.82) is 0 Å². The van der Waals surface area contributed by atoms with Gasteiger partial charge in [0.15, 0.2) is 6.10 Å². The Morgan fingerprint density at radius 1 is 0.247 bits per heavy atom. The molecule has 0 aromatic carbocycles. The van der Waals surface area contributed by atoms with Crippen LogP contribution in [0.3, 0.4) is 0 Å². The summed E-state index contributed by atoms with van der Waals surface area (Å²) in [4.78, 5) is 38.3. The number of allylic oxidation sites excluding steroid dienone is 28. The number of carbonyl (C=O) groups is 3. The fraction of sp³-hybridized carbons (Fsp3) is 0.587. The van der Waals surface area contributed by atoms with Crippen molar-refractivity contribution in [3.8, 4) is 0 Å². The van der Waals surface area contributed by atoms with Crippen LogP contribution in [0.2, 0.25) is 0 Å². The molecule has 0 saturated carbocycles. The van der Waals surface area contributed by atoms with E-state index in [1.807, 2.05) is 12.2 Å². The summed E-state index contributed by atoms with van der Waals surface area (Å²) < 4.78 is 16.8. The zero-order valence-electron chi connectivity index (χ0n) is 52.0. The zero-order chi connectivity index (χ0) is 58.5. The van der Waals surface area contributed by atoms with Gasteiger partial charge in [0.1, 0.15) is 13.2 Å². The lowest BCUT2D eigenvalue weighted by Crippen LogP contribution is -2.30. The largest absolute Gasteiger partial charge is 0.462 e. The van der Waals surface area contributed by atoms with Gasteiger partial charge in [0.05, 0.1) is 0 Å². The molecule has 0 amide bonds. The molecule has 0 heterocycles. The van der Waals surface area contributed by atoms with Crippen LogP contribution < -0.4 is 0 Å². The van der Waals surface area contributed by atoms with E-state index in [-0.39, 0.29) is 44.0 Å². The van der Waals surface area contributed by atoms with E-state index in [1.165, 1.54) is 83.5 Å². The summed E-state index contributed by atoms with van der Waals surface area (Å²) in [6.45, 7) is 6.20. The fourth-order valence-corrected chi connectivity index (χ4v) is 8.45. The van der Waals surface area contributed by atoms with Gasteiger partial charge in [-0.2, -0.15) is 0 Å². The normalized spacial score (nSPS) is 13.3. The minimum atomic E-state index is -0.833. The van der Waals surface area contributed by atoms with E-state index in [2.05, 4.69) is 179 Å². The van der Waals surface area contributed by atoms with E-state index < -0.39 is 6.10 Å². The van der Waals surface area contributed by atoms with E-state index >= 15 is 0 Å². The van der Waals surface area contributed by atoms with Gasteiger partial charge < -0.3 is 14.2 Å². The van der Waals surface area contributed by atoms with Crippen LogP contribution in [0.15, 0.2) is 170 Å². The van der Waals surface area contributed by atoms with Gasteiger partial charge in [-0.25, -0.2) is 0 Å². The molecule has 0 aromatic heterocycles. The van der Waals surface area contributed by atoms with Crippen molar-refractivity contribution < 1.29 is 28.6 Å². The van der Waals surface area contributed by atoms with Crippen molar-refractivity contribution in [2.45, 2.75) is 271 Å². The molecule has 1 atom stereocenters. The highest BCUT2D eigenvalue weighted by molar-refractivity contribution is 5.71. The molecule has 0 fully saturated rings. The summed E-state index contributed by atoms with van der Waals surface area (Å²) in [5.74, 6) is -1.04. The predicted molar refractivity (Wildman–Crippen MR) is 352 cm³/mol. The van der Waals surface area contributed by atoms with Crippen molar-refractivity contribution in [2.24, 2.45) is 0 Å². The van der Waals surface area contributed by atoms with Gasteiger partial charge in [0, 0.05) is 19.3 Å². The topological polar surface area (TPSA) is 78.9 Å². The first kappa shape index (κ1) is 75.8. The maximum atomic E-state index is 12.9. The Balaban J connectivity index is 4.34. The van der Waals surface area contributed by atoms with Gasteiger partial charge in [0.25, 0.3) is 0 Å². The van der Waals surface area contributed by atoms with Crippen molar-refractivity contribution >= 4 is 17.9 Å². The number of unbranched alkanes of at least 4 members (excludes halogenated alkanes) is 18. The number of ether oxygens (including phenoxy) is 3. The van der Waals surface area contributed by atoms with Crippen LogP contribution in [0.4, 0.5) is 0 Å². The number of carbonyl (C=O) groups excluding carboxylic acids is 3. The van der Waals surface area contributed by atoms with E-state index in [0.29, 0.717) is 19.3 Å². The van der Waals surface area contributed by atoms with Crippen LogP contribution in [0.1, 0.15) is 265 Å². The summed E-state index contributed by atoms with van der Waals surface area (Å²) in [7, 11) is 0. The molecule has 0 N–H and O–H groups in total. The van der Waals surface area contributed by atoms with Crippen molar-refractivity contribution in [2.75, 3.05) is 13.2 Å². The summed E-state index contributed by atoms with van der Waals surface area (Å²) in [6.07, 6.45) is 99.6. The second kappa shape index (κ2) is 67.3. The molecule has 0 aliphatic heterocycles. The molecule has 0 aliphatic rings. The highest BCUT2D eigenvalue weighted by Crippen LogP contribution is 2.15. The van der Waals surface area contributed by atoms with Crippen molar-refractivity contribution in [3.63, 3.8) is 0 Å². The first-order valence-corrected chi connectivity index (χ1v) is 32.6. The Bertz CT molecular complexity index is 1860. The average molecular weight is 1120 g/mol. The van der Waals surface area contributed by atoms with Gasteiger partial charge in [-0.1, -0.05) is 281 Å². The lowest BCUT2D eigenvalue weighted by Gasteiger charge is -2.18. The van der Waals surface area contributed by atoms with E-state index in [1.54, 1.807) is 0 Å². The Kier molecular flexibility index (Phi) is 62.9. The second-order valence-electron chi connectivity index (χ2n) is 20.9. The minimum Gasteiger partial charge on any atom is -0.462 e. The molecule has 454 valence electrons. The van der Waals surface area contributed by atoms with Crippen LogP contribution in [0.25, 0.3) is 0 Å². The van der Waals surface area contributed by atoms with Crippen LogP contribution >= 0.6 is 0 Å². The second-order valence-corrected chi connectivity index (χ2v) is 20.9. The van der Waals surface area contributed by atoms with Gasteiger partial charge >= 0.3 is 17.9 Å². The molecular formula is C75H118O6. The van der Waals surface area contributed by atoms with Crippen LogP contribution in [-0.4, -0.2) is 37.2 Å². The lowest BCUT2D eigenvalue weighted by atomic mass is 10.0. The molecule has 0 saturated heterocycles. The van der Waals surface area contributed by atoms with E-state index in [4.69, 9.17) is 14.2 Å². The summed E-state index contributed by atoms with van der Waals surface area (Å²) >= 11 is 0. The van der Waals surface area contributed by atoms with Gasteiger partial charge in [0.2, 0.25) is 0 Å². The Labute approximate surface area is 498 Å². The van der Waals surface area contributed by atoms with Gasteiger partial charge in [-0.15, -0.1) is 0 Å². The molecule has 81 heavy (non-hydrogen) atoms. The monoisotopic (exact) mass is 1110 g/mol. The number of rotatable bonds is 57. The summed E-state index contributed by atoms with van der Waals surface area (Å²) in [5, 5.41) is 0. The number of hydrogen-bond acceptors (Lipinski definition) is 6. The first-order valence-electron chi connectivity index (χ1n) is 32.6. The van der Waals surface area contributed by atoms with Crippen LogP contribution in [0, 0.1) is 0 Å². The van der Waals surface area contributed by atoms with Crippen LogP contribution in [0.5, 0.6) is 0 Å². The molecule has 0 aromatic rings. The van der Waals surface area contributed by atoms with Gasteiger partial charge in [-0.3, -0.25) is 14.4 Å². The molecule has 0 spiro atoms. The molecule has 6 nitrogen and oxygen atoms in total. The van der Waals surface area contributed by atoms with Gasteiger partial charge in [-0.05, 0) is 135 Å². The highest BCUT2D eigenvalue weighted by atomic mass is 16.6. The molecule has 0 aliphatic carbocycles. The third kappa shape index (κ3) is 65.5. The third-order valence-electron chi connectivity index (χ3n) is 13.2. The summed E-state index contributed by atoms with van der Waals surface area (Å²) in [5.41, 5.74) is 0. The predicted octanol–water partition coefficient (Wildman–Crippen LogP) is 22.7. The van der Waals surface area contributed by atoms with Crippen molar-refractivity contribution in [1.82, 2.24) is 0 Å². The quantitative estimate of drug-likeness (QED) is 0.0261. The lowest BCUT2D eigenvalue weighted by molar-refractivity contribution is -0.166. The Morgan fingerprint density at radius 2 is 0.469 bits per heavy atom. The first-order chi connectivity index (χ1) is 40.0. The number of hydrogen-bond donors (Lipinski definition) is 0. The zero-order valence-corrected chi connectivity index (χ0v) is 52.0. The Hall–Kier alpha value is -5.23. The SMILES string of the molecule is CC/C=C\C/C=C\C/C=C\C/C=C\C/C=C\CCCCCCCCCCCCCCCCCC(=O)OCC(COC(=O)CC/C=C\C/C=C\C/C=C\C/C=C\CC)OC(=O)CCCCC/C=C\C/C=C\C/C=C\C/C=C\C/C=C\CC. The molecule has 0 rings (SSSR count). The summed E-state index contributed by atoms with van der Waals surface area (Å²) in [6, 6.07) is 0. The standard InChI is InChI=1S/C75H118O6/c1-4-7-10-13-16-19-22-25-27-29-31-32-33-34-35-36-37-38-39-40-41-42-44-45-47-50-53-56-59-62-65-68-74(77)80-71-72(70-79-73(76)67-64-61-58-55-52-49-24-21-18-15-12-9-6-3)81-75(78)69-66-63-60-57-54-51-48-46-43-30-28-26-23-20-17-14-11-8-5-2/h7-12,16-21,25-28,31-32,34-35,43,46,49,51-52,54,58,61,72H,4-6,13-15,22-24,29-30,33,36-42,44-45,47-48,50,53,55-57,59-60,62-71H2,1-3H3/b10-7-,11-8-,12-9-,19-16-,20-17-,21-18-,27-25-,28-26-,32-31-,35-34-,46-43-,52-49-,54-51-,61-58-. The molecule has 6 heteroatoms. The smallest absolute Gasteiger partial charge is 0.306 e. The average Bonchev–Trinajstić information content (AvgIpc) is 3.46. The van der Waals surface area contributed by atoms with Crippen molar-refractivity contribution in [3.05, 3.63) is 170 Å². The molecule has 1 unspecified atom stereocenters. The minimum absolute atomic E-state index is 0.120. The van der Waals surface area contributed by atoms with E-state index in [0.717, 1.165) is 128 Å². The molecule has 0 bridgehead atoms. The number of esters is 3. The Morgan fingerprint density at radius 3 is 0.778 bits per heavy atom.